The first-order valence-electron chi connectivity index (χ1n) is 8.47. The van der Waals surface area contributed by atoms with E-state index in [1.54, 1.807) is 28.9 Å². The maximum absolute atomic E-state index is 12.5. The van der Waals surface area contributed by atoms with Crippen molar-refractivity contribution in [1.82, 2.24) is 4.68 Å². The molecule has 0 aliphatic rings. The third-order valence-electron chi connectivity index (χ3n) is 4.21. The first-order chi connectivity index (χ1) is 13.3. The maximum Gasteiger partial charge on any atom is 0.270 e. The van der Waals surface area contributed by atoms with Crippen LogP contribution in [0.5, 0.6) is 0 Å². The van der Waals surface area contributed by atoms with Gasteiger partial charge < -0.3 is 5.32 Å². The summed E-state index contributed by atoms with van der Waals surface area (Å²) in [7, 11) is 0. The predicted octanol–water partition coefficient (Wildman–Crippen LogP) is 3.65. The van der Waals surface area contributed by atoms with Crippen molar-refractivity contribution >= 4 is 23.2 Å². The first kappa shape index (κ1) is 18.8. The number of carbonyl (C=O) groups is 2. The zero-order valence-electron chi connectivity index (χ0n) is 15.3. The number of aryl methyl sites for hydroxylation is 2. The quantitative estimate of drug-likeness (QED) is 0.522. The van der Waals surface area contributed by atoms with E-state index in [1.807, 2.05) is 26.0 Å². The van der Waals surface area contributed by atoms with Crippen LogP contribution in [0.4, 0.5) is 11.4 Å². The maximum atomic E-state index is 12.5. The van der Waals surface area contributed by atoms with Gasteiger partial charge in [-0.2, -0.15) is 0 Å². The van der Waals surface area contributed by atoms with Crippen LogP contribution in [0.3, 0.4) is 0 Å². The zero-order valence-corrected chi connectivity index (χ0v) is 15.3. The molecule has 1 aromatic heterocycles. The fraction of sp³-hybridized carbons (Fsp3) is 0.100. The fourth-order valence-electron chi connectivity index (χ4n) is 2.69. The molecule has 0 atom stereocenters. The van der Waals surface area contributed by atoms with Crippen molar-refractivity contribution in [1.29, 1.82) is 0 Å². The van der Waals surface area contributed by atoms with E-state index in [-0.39, 0.29) is 17.2 Å². The lowest BCUT2D eigenvalue weighted by molar-refractivity contribution is -0.384. The van der Waals surface area contributed by atoms with Crippen molar-refractivity contribution in [3.05, 3.63) is 93.3 Å². The van der Waals surface area contributed by atoms with E-state index >= 15 is 0 Å². The summed E-state index contributed by atoms with van der Waals surface area (Å²) in [5, 5.41) is 13.4. The molecule has 0 aliphatic heterocycles. The van der Waals surface area contributed by atoms with Crippen LogP contribution < -0.4 is 10.7 Å². The smallest absolute Gasteiger partial charge is 0.270 e. The third-order valence-corrected chi connectivity index (χ3v) is 4.21. The molecule has 2 aromatic carbocycles. The largest absolute Gasteiger partial charge is 0.322 e. The highest BCUT2D eigenvalue weighted by atomic mass is 16.6. The SMILES string of the molecule is Cc1ccc(C)n1NC(=O)c1cccc(NC(=O)c2ccc([N+](=O)[O-])cc2)c1. The van der Waals surface area contributed by atoms with Crippen LogP contribution in [-0.4, -0.2) is 21.4 Å². The Morgan fingerprint density at radius 2 is 1.54 bits per heavy atom. The highest BCUT2D eigenvalue weighted by Crippen LogP contribution is 2.16. The highest BCUT2D eigenvalue weighted by molar-refractivity contribution is 6.06. The molecular formula is C20H18N4O4. The fourth-order valence-corrected chi connectivity index (χ4v) is 2.69. The van der Waals surface area contributed by atoms with Gasteiger partial charge in [0.2, 0.25) is 0 Å². The molecule has 0 unspecified atom stereocenters. The van der Waals surface area contributed by atoms with E-state index in [0.717, 1.165) is 11.4 Å². The number of nitrogens with one attached hydrogen (secondary N) is 2. The van der Waals surface area contributed by atoms with E-state index < -0.39 is 10.8 Å². The average molecular weight is 378 g/mol. The summed E-state index contributed by atoms with van der Waals surface area (Å²) in [6, 6.07) is 15.6. The Morgan fingerprint density at radius 3 is 2.14 bits per heavy atom. The van der Waals surface area contributed by atoms with Crippen LogP contribution in [0.2, 0.25) is 0 Å². The Hall–Kier alpha value is -3.94. The number of amides is 2. The highest BCUT2D eigenvalue weighted by Gasteiger charge is 2.12. The normalized spacial score (nSPS) is 10.4. The molecule has 8 heteroatoms. The topological polar surface area (TPSA) is 106 Å². The molecule has 8 nitrogen and oxygen atoms in total. The lowest BCUT2D eigenvalue weighted by Crippen LogP contribution is -2.24. The van der Waals surface area contributed by atoms with Crippen molar-refractivity contribution in [3.8, 4) is 0 Å². The number of nitro benzene ring substituents is 1. The number of rotatable bonds is 5. The van der Waals surface area contributed by atoms with Gasteiger partial charge in [0.25, 0.3) is 17.5 Å². The Morgan fingerprint density at radius 1 is 0.893 bits per heavy atom. The minimum Gasteiger partial charge on any atom is -0.322 e. The van der Waals surface area contributed by atoms with Crippen molar-refractivity contribution in [2.45, 2.75) is 13.8 Å². The summed E-state index contributed by atoms with van der Waals surface area (Å²) < 4.78 is 1.68. The molecular weight excluding hydrogens is 360 g/mol. The molecule has 0 saturated carbocycles. The first-order valence-corrected chi connectivity index (χ1v) is 8.47. The van der Waals surface area contributed by atoms with Gasteiger partial charge in [0, 0.05) is 40.3 Å². The van der Waals surface area contributed by atoms with Gasteiger partial charge in [0.15, 0.2) is 0 Å². The van der Waals surface area contributed by atoms with Gasteiger partial charge in [-0.05, 0) is 56.3 Å². The van der Waals surface area contributed by atoms with Gasteiger partial charge in [-0.3, -0.25) is 29.8 Å². The van der Waals surface area contributed by atoms with Crippen molar-refractivity contribution in [2.75, 3.05) is 10.7 Å². The van der Waals surface area contributed by atoms with Crippen LogP contribution >= 0.6 is 0 Å². The number of carbonyl (C=O) groups excluding carboxylic acids is 2. The Labute approximate surface area is 160 Å². The number of non-ortho nitro benzene ring substituents is 1. The summed E-state index contributed by atoms with van der Waals surface area (Å²) in [4.78, 5) is 35.0. The standard InChI is InChI=1S/C20H18N4O4/c1-13-6-7-14(2)23(13)22-20(26)16-4-3-5-17(12-16)21-19(25)15-8-10-18(11-9-15)24(27)28/h3-12H,1-2H3,(H,21,25)(H,22,26). The second-order valence-electron chi connectivity index (χ2n) is 6.23. The molecule has 0 bridgehead atoms. The van der Waals surface area contributed by atoms with Gasteiger partial charge in [0.1, 0.15) is 0 Å². The summed E-state index contributed by atoms with van der Waals surface area (Å²) in [6.07, 6.45) is 0. The average Bonchev–Trinajstić information content (AvgIpc) is 3.00. The summed E-state index contributed by atoms with van der Waals surface area (Å²) >= 11 is 0. The van der Waals surface area contributed by atoms with E-state index in [1.165, 1.54) is 24.3 Å². The third kappa shape index (κ3) is 4.07. The minimum atomic E-state index is -0.530. The number of nitro groups is 1. The van der Waals surface area contributed by atoms with Gasteiger partial charge in [-0.15, -0.1) is 0 Å². The van der Waals surface area contributed by atoms with E-state index in [9.17, 15) is 19.7 Å². The number of anilines is 1. The van der Waals surface area contributed by atoms with E-state index in [2.05, 4.69) is 10.7 Å². The Balaban J connectivity index is 1.73. The molecule has 0 radical (unpaired) electrons. The second-order valence-corrected chi connectivity index (χ2v) is 6.23. The van der Waals surface area contributed by atoms with Crippen LogP contribution in [0.15, 0.2) is 60.7 Å². The molecule has 28 heavy (non-hydrogen) atoms. The Bertz CT molecular complexity index is 1030. The van der Waals surface area contributed by atoms with Crippen LogP contribution in [0, 0.1) is 24.0 Å². The summed E-state index contributed by atoms with van der Waals surface area (Å²) in [5.41, 5.74) is 5.61. The summed E-state index contributed by atoms with van der Waals surface area (Å²) in [5.74, 6) is -0.738. The van der Waals surface area contributed by atoms with Gasteiger partial charge in [-0.1, -0.05) is 6.07 Å². The molecule has 0 fully saturated rings. The summed E-state index contributed by atoms with van der Waals surface area (Å²) in [6.45, 7) is 3.77. The number of aromatic nitrogens is 1. The molecule has 142 valence electrons. The monoisotopic (exact) mass is 378 g/mol. The number of nitrogens with zero attached hydrogens (tertiary/aromatic N) is 2. The zero-order chi connectivity index (χ0) is 20.3. The van der Waals surface area contributed by atoms with Gasteiger partial charge >= 0.3 is 0 Å². The predicted molar refractivity (Wildman–Crippen MR) is 105 cm³/mol. The lowest BCUT2D eigenvalue weighted by atomic mass is 10.1. The van der Waals surface area contributed by atoms with Crippen molar-refractivity contribution in [3.63, 3.8) is 0 Å². The van der Waals surface area contributed by atoms with Crippen molar-refractivity contribution < 1.29 is 14.5 Å². The van der Waals surface area contributed by atoms with Crippen molar-refractivity contribution in [2.24, 2.45) is 0 Å². The number of benzene rings is 2. The molecule has 0 spiro atoms. The second kappa shape index (κ2) is 7.75. The van der Waals surface area contributed by atoms with E-state index in [4.69, 9.17) is 0 Å². The Kier molecular flexibility index (Phi) is 5.21. The van der Waals surface area contributed by atoms with Gasteiger partial charge in [0.05, 0.1) is 4.92 Å². The molecule has 3 aromatic rings. The number of hydrogen-bond donors (Lipinski definition) is 2. The number of hydrogen-bond acceptors (Lipinski definition) is 4. The van der Waals surface area contributed by atoms with E-state index in [0.29, 0.717) is 11.3 Å². The van der Waals surface area contributed by atoms with Crippen LogP contribution in [0.25, 0.3) is 0 Å². The molecule has 0 saturated heterocycles. The van der Waals surface area contributed by atoms with Gasteiger partial charge in [-0.25, -0.2) is 0 Å². The molecule has 3 rings (SSSR count). The molecule has 1 heterocycles. The minimum absolute atomic E-state index is 0.0918. The molecule has 2 N–H and O–H groups in total. The van der Waals surface area contributed by atoms with Crippen LogP contribution in [-0.2, 0) is 0 Å². The molecule has 2 amide bonds. The van der Waals surface area contributed by atoms with Crippen LogP contribution in [0.1, 0.15) is 32.1 Å². The molecule has 0 aliphatic carbocycles. The lowest BCUT2D eigenvalue weighted by Gasteiger charge is -2.12.